The van der Waals surface area contributed by atoms with Crippen LogP contribution in [0.25, 0.3) is 76.8 Å². The van der Waals surface area contributed by atoms with E-state index in [1.807, 2.05) is 0 Å². The van der Waals surface area contributed by atoms with Crippen LogP contribution in [0.15, 0.2) is 224 Å². The van der Waals surface area contributed by atoms with Gasteiger partial charge in [-0.2, -0.15) is 0 Å². The second-order valence-electron chi connectivity index (χ2n) is 14.1. The topological polar surface area (TPSA) is 3.24 Å². The maximum atomic E-state index is 2.47. The highest BCUT2D eigenvalue weighted by Crippen LogP contribution is 2.48. The van der Waals surface area contributed by atoms with E-state index in [9.17, 15) is 0 Å². The zero-order chi connectivity index (χ0) is 36.6. The Bertz CT molecular complexity index is 2960. The summed E-state index contributed by atoms with van der Waals surface area (Å²) in [5, 5.41) is 7.48. The Kier molecular flexibility index (Phi) is 8.24. The Balaban J connectivity index is 1.23. The van der Waals surface area contributed by atoms with Crippen LogP contribution in [0.3, 0.4) is 0 Å². The molecule has 1 nitrogen and oxygen atoms in total. The third-order valence-electron chi connectivity index (χ3n) is 10.8. The number of benzene rings is 10. The van der Waals surface area contributed by atoms with Crippen molar-refractivity contribution in [2.45, 2.75) is 0 Å². The van der Waals surface area contributed by atoms with Gasteiger partial charge in [0, 0.05) is 16.8 Å². The molecular weight excluding hydrogens is 663 g/mol. The van der Waals surface area contributed by atoms with Crippen molar-refractivity contribution >= 4 is 49.4 Å². The molecule has 0 amide bonds. The molecule has 0 fully saturated rings. The van der Waals surface area contributed by atoms with Gasteiger partial charge in [0.15, 0.2) is 0 Å². The zero-order valence-electron chi connectivity index (χ0n) is 30.3. The van der Waals surface area contributed by atoms with E-state index in [0.717, 1.165) is 22.6 Å². The molecule has 0 unspecified atom stereocenters. The second kappa shape index (κ2) is 14.0. The van der Waals surface area contributed by atoms with Gasteiger partial charge in [0.05, 0.1) is 11.4 Å². The van der Waals surface area contributed by atoms with Crippen LogP contribution in [-0.4, -0.2) is 0 Å². The first kappa shape index (κ1) is 32.4. The maximum absolute atomic E-state index is 2.47. The number of nitrogens with zero attached hydrogens (tertiary/aromatic N) is 1. The Labute approximate surface area is 322 Å². The standard InChI is InChI=1S/C54H37N/c1-3-15-38(16-4-1)44-31-34-48(41-18-5-2-6-19-41)54(37-44)55(46-32-29-40(30-33-46)43-28-27-39-17-7-8-20-42(39)35-43)53-26-14-13-25-51(53)52-36-45-21-9-10-22-47(45)49-23-11-12-24-50(49)52/h1-37H. The van der Waals surface area contributed by atoms with Crippen LogP contribution in [0.2, 0.25) is 0 Å². The average Bonchev–Trinajstić information content (AvgIpc) is 3.27. The lowest BCUT2D eigenvalue weighted by atomic mass is 9.91. The normalized spacial score (nSPS) is 11.3. The summed E-state index contributed by atoms with van der Waals surface area (Å²) in [7, 11) is 0. The van der Waals surface area contributed by atoms with Crippen molar-refractivity contribution in [1.29, 1.82) is 0 Å². The molecule has 0 N–H and O–H groups in total. The summed E-state index contributed by atoms with van der Waals surface area (Å²) in [5.41, 5.74) is 12.8. The summed E-state index contributed by atoms with van der Waals surface area (Å²) in [5.74, 6) is 0. The molecule has 55 heavy (non-hydrogen) atoms. The van der Waals surface area contributed by atoms with Gasteiger partial charge in [-0.3, -0.25) is 0 Å². The quantitative estimate of drug-likeness (QED) is 0.150. The number of rotatable bonds is 7. The molecule has 10 aromatic rings. The minimum atomic E-state index is 1.09. The number of hydrogen-bond acceptors (Lipinski definition) is 1. The molecule has 0 spiro atoms. The molecule has 0 saturated heterocycles. The molecule has 258 valence electrons. The van der Waals surface area contributed by atoms with E-state index in [2.05, 4.69) is 229 Å². The third kappa shape index (κ3) is 6.02. The van der Waals surface area contributed by atoms with Crippen LogP contribution in [0.5, 0.6) is 0 Å². The van der Waals surface area contributed by atoms with Crippen LogP contribution in [0.4, 0.5) is 17.1 Å². The summed E-state index contributed by atoms with van der Waals surface area (Å²) >= 11 is 0. The van der Waals surface area contributed by atoms with Crippen molar-refractivity contribution in [3.8, 4) is 44.5 Å². The van der Waals surface area contributed by atoms with E-state index in [-0.39, 0.29) is 0 Å². The first-order valence-corrected chi connectivity index (χ1v) is 18.9. The molecule has 0 bridgehead atoms. The minimum Gasteiger partial charge on any atom is -0.309 e. The first-order valence-electron chi connectivity index (χ1n) is 18.9. The molecule has 1 heteroatoms. The highest BCUT2D eigenvalue weighted by molar-refractivity contribution is 6.15. The van der Waals surface area contributed by atoms with E-state index in [1.165, 1.54) is 71.3 Å². The fourth-order valence-electron chi connectivity index (χ4n) is 8.14. The average molecular weight is 700 g/mol. The number of anilines is 3. The Morgan fingerprint density at radius 1 is 0.236 bits per heavy atom. The van der Waals surface area contributed by atoms with Crippen LogP contribution in [-0.2, 0) is 0 Å². The van der Waals surface area contributed by atoms with Crippen molar-refractivity contribution in [2.75, 3.05) is 4.90 Å². The summed E-state index contributed by atoms with van der Waals surface area (Å²) in [6, 6.07) is 81.6. The molecule has 0 aliphatic heterocycles. The predicted molar refractivity (Wildman–Crippen MR) is 235 cm³/mol. The van der Waals surface area contributed by atoms with E-state index in [4.69, 9.17) is 0 Å². The molecule has 10 rings (SSSR count). The first-order chi connectivity index (χ1) is 27.3. The van der Waals surface area contributed by atoms with Crippen molar-refractivity contribution < 1.29 is 0 Å². The largest absolute Gasteiger partial charge is 0.309 e. The molecule has 0 aliphatic rings. The van der Waals surface area contributed by atoms with Gasteiger partial charge in [-0.25, -0.2) is 0 Å². The molecule has 0 heterocycles. The second-order valence-corrected chi connectivity index (χ2v) is 14.1. The van der Waals surface area contributed by atoms with Gasteiger partial charge in [-0.1, -0.05) is 188 Å². The predicted octanol–water partition coefficient (Wildman–Crippen LogP) is 15.3. The van der Waals surface area contributed by atoms with Crippen LogP contribution in [0.1, 0.15) is 0 Å². The van der Waals surface area contributed by atoms with Crippen LogP contribution in [0, 0.1) is 0 Å². The Morgan fingerprint density at radius 3 is 1.56 bits per heavy atom. The molecule has 0 aliphatic carbocycles. The molecule has 0 radical (unpaired) electrons. The zero-order valence-corrected chi connectivity index (χ0v) is 30.3. The van der Waals surface area contributed by atoms with Crippen molar-refractivity contribution in [2.24, 2.45) is 0 Å². The lowest BCUT2D eigenvalue weighted by Gasteiger charge is -2.31. The molecule has 0 atom stereocenters. The molecular formula is C54H37N. The van der Waals surface area contributed by atoms with Gasteiger partial charge >= 0.3 is 0 Å². The SMILES string of the molecule is c1ccc(-c2ccc(-c3ccccc3)c(N(c3ccc(-c4ccc5ccccc5c4)cc3)c3ccccc3-c3cc4ccccc4c4ccccc34)c2)cc1. The van der Waals surface area contributed by atoms with Crippen molar-refractivity contribution in [3.63, 3.8) is 0 Å². The van der Waals surface area contributed by atoms with E-state index < -0.39 is 0 Å². The molecule has 0 saturated carbocycles. The highest BCUT2D eigenvalue weighted by atomic mass is 15.1. The van der Waals surface area contributed by atoms with E-state index >= 15 is 0 Å². The van der Waals surface area contributed by atoms with Crippen LogP contribution < -0.4 is 4.90 Å². The Morgan fingerprint density at radius 2 is 0.782 bits per heavy atom. The maximum Gasteiger partial charge on any atom is 0.0546 e. The summed E-state index contributed by atoms with van der Waals surface area (Å²) in [4.78, 5) is 2.47. The van der Waals surface area contributed by atoms with Gasteiger partial charge in [0.1, 0.15) is 0 Å². The number of fused-ring (bicyclic) bond motifs is 4. The fraction of sp³-hybridized carbons (Fsp3) is 0. The fourth-order valence-corrected chi connectivity index (χ4v) is 8.14. The molecule has 0 aromatic heterocycles. The highest BCUT2D eigenvalue weighted by Gasteiger charge is 2.23. The van der Waals surface area contributed by atoms with Crippen LogP contribution >= 0.6 is 0 Å². The summed E-state index contributed by atoms with van der Waals surface area (Å²) in [6.07, 6.45) is 0. The third-order valence-corrected chi connectivity index (χ3v) is 10.8. The van der Waals surface area contributed by atoms with E-state index in [0.29, 0.717) is 0 Å². The lowest BCUT2D eigenvalue weighted by molar-refractivity contribution is 1.28. The van der Waals surface area contributed by atoms with Gasteiger partial charge in [-0.15, -0.1) is 0 Å². The van der Waals surface area contributed by atoms with Gasteiger partial charge in [0.2, 0.25) is 0 Å². The number of para-hydroxylation sites is 1. The molecule has 10 aromatic carbocycles. The van der Waals surface area contributed by atoms with E-state index in [1.54, 1.807) is 0 Å². The monoisotopic (exact) mass is 699 g/mol. The van der Waals surface area contributed by atoms with Crippen molar-refractivity contribution in [3.05, 3.63) is 224 Å². The van der Waals surface area contributed by atoms with Gasteiger partial charge in [0.25, 0.3) is 0 Å². The number of hydrogen-bond donors (Lipinski definition) is 0. The minimum absolute atomic E-state index is 1.09. The Hall–Kier alpha value is -7.22. The van der Waals surface area contributed by atoms with Crippen molar-refractivity contribution in [1.82, 2.24) is 0 Å². The van der Waals surface area contributed by atoms with Gasteiger partial charge in [-0.05, 0) is 102 Å². The smallest absolute Gasteiger partial charge is 0.0546 e. The summed E-state index contributed by atoms with van der Waals surface area (Å²) in [6.45, 7) is 0. The van der Waals surface area contributed by atoms with Gasteiger partial charge < -0.3 is 4.90 Å². The summed E-state index contributed by atoms with van der Waals surface area (Å²) < 4.78 is 0. The lowest BCUT2D eigenvalue weighted by Crippen LogP contribution is -2.13.